The predicted octanol–water partition coefficient (Wildman–Crippen LogP) is 3.27. The number of hydrogen-bond donors (Lipinski definition) is 0. The van der Waals surface area contributed by atoms with Gasteiger partial charge in [0.05, 0.1) is 12.2 Å². The van der Waals surface area contributed by atoms with Crippen molar-refractivity contribution in [1.29, 1.82) is 0 Å². The summed E-state index contributed by atoms with van der Waals surface area (Å²) >= 11 is 0. The first-order chi connectivity index (χ1) is 10.1. The minimum Gasteiger partial charge on any atom is -0.492 e. The molecule has 2 aliphatic carbocycles. The van der Waals surface area contributed by atoms with Crippen molar-refractivity contribution < 1.29 is 14.3 Å². The van der Waals surface area contributed by atoms with Crippen LogP contribution in [0.25, 0.3) is 5.76 Å². The van der Waals surface area contributed by atoms with E-state index >= 15 is 0 Å². The Hall–Kier alpha value is -1.90. The molecule has 0 saturated carbocycles. The highest BCUT2D eigenvalue weighted by Gasteiger charge is 2.42. The second-order valence-electron chi connectivity index (χ2n) is 6.46. The van der Waals surface area contributed by atoms with Crippen LogP contribution in [-0.2, 0) is 16.0 Å². The van der Waals surface area contributed by atoms with E-state index in [1.807, 2.05) is 13.0 Å². The van der Waals surface area contributed by atoms with Crippen molar-refractivity contribution in [3.63, 3.8) is 0 Å². The third-order valence-electron chi connectivity index (χ3n) is 5.08. The molecule has 0 bridgehead atoms. The average molecular weight is 282 g/mol. The zero-order valence-corrected chi connectivity index (χ0v) is 12.4. The van der Waals surface area contributed by atoms with Gasteiger partial charge in [0.25, 0.3) is 0 Å². The van der Waals surface area contributed by atoms with Gasteiger partial charge in [-0.05, 0) is 36.3 Å². The van der Waals surface area contributed by atoms with Gasteiger partial charge in [0.2, 0.25) is 11.6 Å². The van der Waals surface area contributed by atoms with Gasteiger partial charge < -0.3 is 4.74 Å². The molecule has 2 atom stereocenters. The Kier molecular flexibility index (Phi) is 2.62. The summed E-state index contributed by atoms with van der Waals surface area (Å²) in [5, 5.41) is 0. The molecule has 21 heavy (non-hydrogen) atoms. The highest BCUT2D eigenvalue weighted by molar-refractivity contribution is 6.52. The molecule has 0 fully saturated rings. The monoisotopic (exact) mass is 282 g/mol. The summed E-state index contributed by atoms with van der Waals surface area (Å²) in [5.74, 6) is 0.449. The number of fused-ring (bicyclic) bond motifs is 4. The topological polar surface area (TPSA) is 43.4 Å². The summed E-state index contributed by atoms with van der Waals surface area (Å²) < 4.78 is 5.74. The fourth-order valence-electron chi connectivity index (χ4n) is 3.96. The number of carbonyl (C=O) groups excluding carboxylic acids is 2. The largest absolute Gasteiger partial charge is 0.492 e. The molecule has 3 aliphatic rings. The molecule has 0 radical (unpaired) electrons. The number of ether oxygens (including phenoxy) is 1. The third-order valence-corrected chi connectivity index (χ3v) is 5.08. The van der Waals surface area contributed by atoms with Crippen LogP contribution in [0.3, 0.4) is 0 Å². The average Bonchev–Trinajstić information content (AvgIpc) is 2.86. The SMILES string of the molecule is C[C@H]1COC2=C1C(=O)C(=O)c1c2ccc2c1CCC[C@@H]2C. The van der Waals surface area contributed by atoms with Crippen LogP contribution in [0.15, 0.2) is 17.7 Å². The maximum atomic E-state index is 12.6. The van der Waals surface area contributed by atoms with E-state index in [0.29, 0.717) is 29.4 Å². The Morgan fingerprint density at radius 1 is 1.10 bits per heavy atom. The Morgan fingerprint density at radius 3 is 2.71 bits per heavy atom. The molecule has 108 valence electrons. The van der Waals surface area contributed by atoms with Crippen LogP contribution in [0.5, 0.6) is 0 Å². The molecule has 3 nitrogen and oxygen atoms in total. The highest BCUT2D eigenvalue weighted by Crippen LogP contribution is 2.43. The van der Waals surface area contributed by atoms with Crippen LogP contribution >= 0.6 is 0 Å². The minimum atomic E-state index is -0.353. The lowest BCUT2D eigenvalue weighted by atomic mass is 9.75. The lowest BCUT2D eigenvalue weighted by Gasteiger charge is -2.27. The fourth-order valence-corrected chi connectivity index (χ4v) is 3.96. The van der Waals surface area contributed by atoms with E-state index < -0.39 is 0 Å². The van der Waals surface area contributed by atoms with Gasteiger partial charge in [0, 0.05) is 17.0 Å². The smallest absolute Gasteiger partial charge is 0.234 e. The molecule has 0 aromatic heterocycles. The van der Waals surface area contributed by atoms with Gasteiger partial charge in [-0.25, -0.2) is 0 Å². The molecule has 4 rings (SSSR count). The number of rotatable bonds is 0. The zero-order valence-electron chi connectivity index (χ0n) is 12.4. The van der Waals surface area contributed by atoms with Gasteiger partial charge in [0.1, 0.15) is 5.76 Å². The first kappa shape index (κ1) is 12.8. The van der Waals surface area contributed by atoms with Crippen molar-refractivity contribution in [2.45, 2.75) is 39.0 Å². The van der Waals surface area contributed by atoms with Crippen molar-refractivity contribution in [1.82, 2.24) is 0 Å². The second kappa shape index (κ2) is 4.30. The molecule has 1 aliphatic heterocycles. The summed E-state index contributed by atoms with van der Waals surface area (Å²) in [6.45, 7) is 4.63. The Balaban J connectivity index is 2.01. The van der Waals surface area contributed by atoms with Crippen molar-refractivity contribution >= 4 is 17.3 Å². The molecule has 0 spiro atoms. The Bertz CT molecular complexity index is 711. The van der Waals surface area contributed by atoms with Crippen molar-refractivity contribution in [3.05, 3.63) is 40.0 Å². The summed E-state index contributed by atoms with van der Waals surface area (Å²) in [4.78, 5) is 25.1. The zero-order chi connectivity index (χ0) is 14.7. The maximum absolute atomic E-state index is 12.6. The number of carbonyl (C=O) groups is 2. The van der Waals surface area contributed by atoms with E-state index in [0.717, 1.165) is 30.4 Å². The quantitative estimate of drug-likeness (QED) is 0.686. The lowest BCUT2D eigenvalue weighted by molar-refractivity contribution is -0.112. The maximum Gasteiger partial charge on any atom is 0.234 e. The fraction of sp³-hybridized carbons (Fsp3) is 0.444. The van der Waals surface area contributed by atoms with E-state index in [4.69, 9.17) is 4.74 Å². The summed E-state index contributed by atoms with van der Waals surface area (Å²) in [7, 11) is 0. The first-order valence-electron chi connectivity index (χ1n) is 7.71. The van der Waals surface area contributed by atoms with E-state index in [9.17, 15) is 9.59 Å². The van der Waals surface area contributed by atoms with Gasteiger partial charge >= 0.3 is 0 Å². The van der Waals surface area contributed by atoms with Crippen LogP contribution in [0, 0.1) is 5.92 Å². The van der Waals surface area contributed by atoms with Gasteiger partial charge in [-0.3, -0.25) is 9.59 Å². The molecular weight excluding hydrogens is 264 g/mol. The first-order valence-corrected chi connectivity index (χ1v) is 7.71. The normalized spacial score (nSPS) is 27.1. The van der Waals surface area contributed by atoms with Crippen LogP contribution in [-0.4, -0.2) is 18.2 Å². The summed E-state index contributed by atoms with van der Waals surface area (Å²) in [5.41, 5.74) is 4.36. The Labute approximate surface area is 124 Å². The molecule has 1 aromatic rings. The van der Waals surface area contributed by atoms with Gasteiger partial charge in [-0.15, -0.1) is 0 Å². The molecular formula is C18H18O3. The van der Waals surface area contributed by atoms with E-state index in [2.05, 4.69) is 13.0 Å². The molecule has 1 heterocycles. The van der Waals surface area contributed by atoms with Gasteiger partial charge in [-0.2, -0.15) is 0 Å². The van der Waals surface area contributed by atoms with Crippen molar-refractivity contribution in [2.75, 3.05) is 6.61 Å². The van der Waals surface area contributed by atoms with Crippen LogP contribution in [0.1, 0.15) is 59.7 Å². The van der Waals surface area contributed by atoms with Crippen LogP contribution < -0.4 is 0 Å². The third kappa shape index (κ3) is 1.60. The van der Waals surface area contributed by atoms with Gasteiger partial charge in [0.15, 0.2) is 0 Å². The highest BCUT2D eigenvalue weighted by atomic mass is 16.5. The number of ketones is 2. The van der Waals surface area contributed by atoms with Gasteiger partial charge in [-0.1, -0.05) is 26.0 Å². The second-order valence-corrected chi connectivity index (χ2v) is 6.46. The molecule has 3 heteroatoms. The molecule has 1 aromatic carbocycles. The van der Waals surface area contributed by atoms with Crippen molar-refractivity contribution in [2.24, 2.45) is 5.92 Å². The Morgan fingerprint density at radius 2 is 1.90 bits per heavy atom. The summed E-state index contributed by atoms with van der Waals surface area (Å²) in [6, 6.07) is 4.10. The van der Waals surface area contributed by atoms with Crippen LogP contribution in [0.2, 0.25) is 0 Å². The lowest BCUT2D eigenvalue weighted by Crippen LogP contribution is -2.27. The predicted molar refractivity (Wildman–Crippen MR) is 79.2 cm³/mol. The molecule has 0 unspecified atom stereocenters. The number of benzene rings is 1. The molecule has 0 saturated heterocycles. The van der Waals surface area contributed by atoms with E-state index in [1.54, 1.807) is 0 Å². The standard InChI is InChI=1S/C18H18O3/c1-9-4-3-5-12-11(9)6-7-13-15(12)17(20)16(19)14-10(2)8-21-18(13)14/h6-7,9-10H,3-5,8H2,1-2H3/t9-,10-/m0/s1. The minimum absolute atomic E-state index is 0.0135. The number of hydrogen-bond acceptors (Lipinski definition) is 3. The van der Waals surface area contributed by atoms with E-state index in [1.165, 1.54) is 5.56 Å². The van der Waals surface area contributed by atoms with Crippen molar-refractivity contribution in [3.8, 4) is 0 Å². The summed E-state index contributed by atoms with van der Waals surface area (Å²) in [6.07, 6.45) is 3.12. The number of Topliss-reactive ketones (excluding diaryl/α,β-unsaturated/α-hetero) is 2. The molecule has 0 N–H and O–H groups in total. The van der Waals surface area contributed by atoms with Crippen LogP contribution in [0.4, 0.5) is 0 Å². The molecule has 0 amide bonds. The van der Waals surface area contributed by atoms with E-state index in [-0.39, 0.29) is 17.5 Å².